The molecule has 0 saturated carbocycles. The maximum Gasteiger partial charge on any atom is 0.324 e. The quantitative estimate of drug-likeness (QED) is 0.243. The van der Waals surface area contributed by atoms with Crippen LogP contribution >= 0.6 is 10.8 Å². The number of benzene rings is 2. The Balaban J connectivity index is 1.89. The second-order valence-corrected chi connectivity index (χ2v) is 13.0. The van der Waals surface area contributed by atoms with Crippen molar-refractivity contribution in [1.29, 1.82) is 0 Å². The SMILES string of the molecule is COC(=O)C1(CCC(C)C)C(=O)C(C2=NS(O)(O)c3cc(NS(C)(=O)=O)ccc3N2)=C(O)c2ccccc21. The molecule has 0 bridgehead atoms. The molecular weight excluding hydrogens is 534 g/mol. The lowest BCUT2D eigenvalue weighted by Gasteiger charge is -2.39. The van der Waals surface area contributed by atoms with E-state index in [2.05, 4.69) is 14.4 Å². The molecule has 0 spiro atoms. The van der Waals surface area contributed by atoms with Gasteiger partial charge in [-0.25, -0.2) is 8.42 Å². The van der Waals surface area contributed by atoms with E-state index < -0.39 is 43.7 Å². The molecule has 1 heterocycles. The molecular formula is C25H29N3O8S2. The number of amidine groups is 1. The van der Waals surface area contributed by atoms with Gasteiger partial charge in [0.15, 0.2) is 17.0 Å². The molecule has 204 valence electrons. The van der Waals surface area contributed by atoms with Gasteiger partial charge in [0.2, 0.25) is 10.0 Å². The van der Waals surface area contributed by atoms with Crippen molar-refractivity contribution in [1.82, 2.24) is 0 Å². The summed E-state index contributed by atoms with van der Waals surface area (Å²) in [6.45, 7) is 3.90. The van der Waals surface area contributed by atoms with Crippen molar-refractivity contribution in [2.24, 2.45) is 10.3 Å². The Morgan fingerprint density at radius 2 is 1.89 bits per heavy atom. The summed E-state index contributed by atoms with van der Waals surface area (Å²) >= 11 is 0. The second kappa shape index (κ2) is 9.73. The number of carbonyl (C=O) groups excluding carboxylic acids is 2. The molecule has 0 fully saturated rings. The average molecular weight is 564 g/mol. The highest BCUT2D eigenvalue weighted by atomic mass is 32.3. The summed E-state index contributed by atoms with van der Waals surface area (Å²) in [5.41, 5.74) is -1.47. The van der Waals surface area contributed by atoms with E-state index in [1.165, 1.54) is 25.3 Å². The van der Waals surface area contributed by atoms with E-state index in [0.29, 0.717) is 12.0 Å². The first-order chi connectivity index (χ1) is 17.7. The van der Waals surface area contributed by atoms with Gasteiger partial charge in [0.1, 0.15) is 16.2 Å². The van der Waals surface area contributed by atoms with Crippen molar-refractivity contribution in [3.05, 3.63) is 59.2 Å². The number of Topliss-reactive ketones (excluding diaryl/α,β-unsaturated/α-hetero) is 1. The number of fused-ring (bicyclic) bond motifs is 2. The van der Waals surface area contributed by atoms with Gasteiger partial charge in [0.25, 0.3) is 0 Å². The number of sulfonamides is 1. The molecule has 2 aliphatic rings. The zero-order valence-corrected chi connectivity index (χ0v) is 22.8. The Bertz CT molecular complexity index is 1500. The molecule has 2 aromatic carbocycles. The fourth-order valence-electron chi connectivity index (χ4n) is 4.66. The summed E-state index contributed by atoms with van der Waals surface area (Å²) < 4.78 is 56.4. The van der Waals surface area contributed by atoms with Gasteiger partial charge in [-0.15, -0.1) is 4.40 Å². The van der Waals surface area contributed by atoms with Crippen LogP contribution in [0, 0.1) is 5.92 Å². The smallest absolute Gasteiger partial charge is 0.324 e. The number of anilines is 2. The number of methoxy groups -OCH3 is 1. The first-order valence-electron chi connectivity index (χ1n) is 11.6. The van der Waals surface area contributed by atoms with Gasteiger partial charge in [-0.2, -0.15) is 0 Å². The summed E-state index contributed by atoms with van der Waals surface area (Å²) in [6.07, 6.45) is 1.52. The predicted octanol–water partition coefficient (Wildman–Crippen LogP) is 4.31. The fraction of sp³-hybridized carbons (Fsp3) is 0.320. The first kappa shape index (κ1) is 27.6. The van der Waals surface area contributed by atoms with Crippen LogP contribution in [0.15, 0.2) is 57.3 Å². The monoisotopic (exact) mass is 563 g/mol. The first-order valence-corrected chi connectivity index (χ1v) is 15.0. The summed E-state index contributed by atoms with van der Waals surface area (Å²) in [5, 5.41) is 14.1. The molecule has 38 heavy (non-hydrogen) atoms. The summed E-state index contributed by atoms with van der Waals surface area (Å²) in [6, 6.07) is 10.4. The highest BCUT2D eigenvalue weighted by molar-refractivity contribution is 8.23. The molecule has 0 amide bonds. The minimum atomic E-state index is -3.95. The lowest BCUT2D eigenvalue weighted by atomic mass is 9.65. The van der Waals surface area contributed by atoms with Crippen molar-refractivity contribution in [2.45, 2.75) is 37.0 Å². The molecule has 0 radical (unpaired) electrons. The Hall–Kier alpha value is -3.39. The third-order valence-electron chi connectivity index (χ3n) is 6.41. The van der Waals surface area contributed by atoms with E-state index in [1.807, 2.05) is 13.8 Å². The summed E-state index contributed by atoms with van der Waals surface area (Å²) in [5.74, 6) is -2.27. The van der Waals surface area contributed by atoms with Crippen LogP contribution in [0.4, 0.5) is 11.4 Å². The molecule has 1 aliphatic carbocycles. The average Bonchev–Trinajstić information content (AvgIpc) is 2.83. The molecule has 2 aromatic rings. The minimum absolute atomic E-state index is 0.0785. The van der Waals surface area contributed by atoms with Crippen LogP contribution in [0.25, 0.3) is 5.76 Å². The number of aliphatic hydroxyl groups is 1. The van der Waals surface area contributed by atoms with Crippen LogP contribution in [-0.2, 0) is 29.8 Å². The molecule has 1 unspecified atom stereocenters. The van der Waals surface area contributed by atoms with Crippen molar-refractivity contribution < 1.29 is 37.0 Å². The van der Waals surface area contributed by atoms with Crippen LogP contribution in [-0.4, -0.2) is 53.6 Å². The lowest BCUT2D eigenvalue weighted by molar-refractivity contribution is -0.151. The zero-order valence-electron chi connectivity index (χ0n) is 21.2. The van der Waals surface area contributed by atoms with E-state index in [1.54, 1.807) is 24.3 Å². The standard InChI is InChI=1S/C25H29N3O8S2/c1-14(2)11-12-25(24(31)36-3)17-8-6-5-7-16(17)21(29)20(22(25)30)23-26-18-10-9-15(27-37(4,32)33)13-19(18)38(34,35)28-23/h5-10,13-14,27,29,34-35H,11-12H2,1-4H3,(H,26,28). The molecule has 5 N–H and O–H groups in total. The van der Waals surface area contributed by atoms with Gasteiger partial charge in [0, 0.05) is 5.56 Å². The molecule has 1 atom stereocenters. The molecule has 0 aromatic heterocycles. The Morgan fingerprint density at radius 1 is 1.21 bits per heavy atom. The van der Waals surface area contributed by atoms with Gasteiger partial charge in [-0.05, 0) is 42.5 Å². The van der Waals surface area contributed by atoms with E-state index >= 15 is 0 Å². The van der Waals surface area contributed by atoms with Gasteiger partial charge >= 0.3 is 5.97 Å². The Labute approximate surface area is 222 Å². The third kappa shape index (κ3) is 4.77. The number of carbonyl (C=O) groups is 2. The van der Waals surface area contributed by atoms with Crippen LogP contribution in [0.3, 0.4) is 0 Å². The van der Waals surface area contributed by atoms with Crippen molar-refractivity contribution >= 4 is 55.5 Å². The van der Waals surface area contributed by atoms with Crippen LogP contribution in [0.1, 0.15) is 37.8 Å². The minimum Gasteiger partial charge on any atom is -0.506 e. The third-order valence-corrected chi connectivity index (χ3v) is 8.38. The largest absolute Gasteiger partial charge is 0.506 e. The van der Waals surface area contributed by atoms with Crippen molar-refractivity contribution in [3.63, 3.8) is 0 Å². The van der Waals surface area contributed by atoms with E-state index in [4.69, 9.17) is 4.74 Å². The van der Waals surface area contributed by atoms with Crippen LogP contribution in [0.2, 0.25) is 0 Å². The zero-order chi connectivity index (χ0) is 28.0. The summed E-state index contributed by atoms with van der Waals surface area (Å²) in [4.78, 5) is 27.4. The maximum absolute atomic E-state index is 14.2. The van der Waals surface area contributed by atoms with Gasteiger partial charge in [0.05, 0.1) is 24.7 Å². The van der Waals surface area contributed by atoms with E-state index in [0.717, 1.165) is 6.26 Å². The Morgan fingerprint density at radius 3 is 2.53 bits per heavy atom. The topological polar surface area (TPSA) is 175 Å². The normalized spacial score (nSPS) is 21.1. The van der Waals surface area contributed by atoms with E-state index in [9.17, 15) is 32.2 Å². The number of hydrogen-bond donors (Lipinski definition) is 5. The number of rotatable bonds is 7. The van der Waals surface area contributed by atoms with Crippen LogP contribution in [0.5, 0.6) is 0 Å². The van der Waals surface area contributed by atoms with Crippen LogP contribution < -0.4 is 10.0 Å². The number of ketones is 1. The molecule has 4 rings (SSSR count). The number of ether oxygens (including phenoxy) is 1. The number of esters is 1. The number of hydrogen-bond acceptors (Lipinski definition) is 10. The lowest BCUT2D eigenvalue weighted by Crippen LogP contribution is -2.50. The van der Waals surface area contributed by atoms with Gasteiger partial charge in [-0.3, -0.25) is 23.4 Å². The molecule has 1 aliphatic heterocycles. The second-order valence-electron chi connectivity index (χ2n) is 9.60. The summed E-state index contributed by atoms with van der Waals surface area (Å²) in [7, 11) is -6.41. The van der Waals surface area contributed by atoms with Crippen molar-refractivity contribution in [2.75, 3.05) is 23.4 Å². The van der Waals surface area contributed by atoms with Gasteiger partial charge in [-0.1, -0.05) is 48.9 Å². The highest BCUT2D eigenvalue weighted by Crippen LogP contribution is 2.57. The van der Waals surface area contributed by atoms with Gasteiger partial charge < -0.3 is 15.2 Å². The maximum atomic E-state index is 14.2. The fourth-order valence-corrected chi connectivity index (χ4v) is 6.40. The highest BCUT2D eigenvalue weighted by Gasteiger charge is 2.55. The van der Waals surface area contributed by atoms with E-state index in [-0.39, 0.29) is 45.6 Å². The number of nitrogens with one attached hydrogen (secondary N) is 2. The Kier molecular flexibility index (Phi) is 7.08. The molecule has 11 nitrogen and oxygen atoms in total. The molecule has 0 saturated heterocycles. The predicted molar refractivity (Wildman–Crippen MR) is 146 cm³/mol. The number of aliphatic hydroxyl groups excluding tert-OH is 1. The van der Waals surface area contributed by atoms with Crippen molar-refractivity contribution in [3.8, 4) is 0 Å². The molecule has 13 heteroatoms. The number of nitrogens with zero attached hydrogens (tertiary/aromatic N) is 1.